The van der Waals surface area contributed by atoms with Crippen LogP contribution in [0.1, 0.15) is 10.4 Å². The highest BCUT2D eigenvalue weighted by Gasteiger charge is 2.06. The molecule has 0 bridgehead atoms. The summed E-state index contributed by atoms with van der Waals surface area (Å²) < 4.78 is 5.81. The van der Waals surface area contributed by atoms with Gasteiger partial charge in [0.1, 0.15) is 5.75 Å². The molecule has 0 saturated heterocycles. The summed E-state index contributed by atoms with van der Waals surface area (Å²) in [5.74, 6) is 5.24. The minimum atomic E-state index is -0.342. The van der Waals surface area contributed by atoms with E-state index >= 15 is 0 Å². The summed E-state index contributed by atoms with van der Waals surface area (Å²) in [4.78, 5) is 11.1. The van der Waals surface area contributed by atoms with E-state index in [-0.39, 0.29) is 5.91 Å². The number of carbonyl (C=O) groups excluding carboxylic acids is 1. The molecule has 3 N–H and O–H groups in total. The number of nitrogens with two attached hydrogens (primary N) is 1. The summed E-state index contributed by atoms with van der Waals surface area (Å²) in [6.07, 6.45) is 0. The number of benzene rings is 1. The molecule has 0 aliphatic carbocycles. The van der Waals surface area contributed by atoms with Crippen LogP contribution in [-0.4, -0.2) is 13.0 Å². The summed E-state index contributed by atoms with van der Waals surface area (Å²) in [6, 6.07) is 4.98. The van der Waals surface area contributed by atoms with Gasteiger partial charge in [0.25, 0.3) is 5.91 Å². The molecule has 0 aromatic heterocycles. The van der Waals surface area contributed by atoms with Gasteiger partial charge < -0.3 is 4.74 Å². The molecule has 13 heavy (non-hydrogen) atoms. The van der Waals surface area contributed by atoms with E-state index in [0.717, 1.165) is 4.47 Å². The number of amides is 1. The van der Waals surface area contributed by atoms with Gasteiger partial charge >= 0.3 is 0 Å². The lowest BCUT2D eigenvalue weighted by Crippen LogP contribution is -2.29. The normalized spacial score (nSPS) is 9.46. The van der Waals surface area contributed by atoms with Crippen molar-refractivity contribution in [1.82, 2.24) is 5.43 Å². The molecule has 0 radical (unpaired) electrons. The zero-order valence-electron chi connectivity index (χ0n) is 7.00. The molecule has 70 valence electrons. The highest BCUT2D eigenvalue weighted by molar-refractivity contribution is 9.10. The third-order valence-electron chi connectivity index (χ3n) is 1.54. The summed E-state index contributed by atoms with van der Waals surface area (Å²) in [5, 5.41) is 0. The van der Waals surface area contributed by atoms with E-state index in [0.29, 0.717) is 11.3 Å². The zero-order valence-corrected chi connectivity index (χ0v) is 8.59. The summed E-state index contributed by atoms with van der Waals surface area (Å²) >= 11 is 3.27. The van der Waals surface area contributed by atoms with E-state index in [9.17, 15) is 4.79 Å². The Morgan fingerprint density at radius 1 is 1.62 bits per heavy atom. The molecular formula is C8H9BrN2O2. The fourth-order valence-corrected chi connectivity index (χ4v) is 1.29. The first-order valence-electron chi connectivity index (χ1n) is 3.53. The molecule has 0 atom stereocenters. The first kappa shape index (κ1) is 10.0. The largest absolute Gasteiger partial charge is 0.496 e. The number of carbonyl (C=O) groups is 1. The van der Waals surface area contributed by atoms with Crippen LogP contribution in [0.4, 0.5) is 0 Å². The molecular weight excluding hydrogens is 236 g/mol. The molecule has 4 nitrogen and oxygen atoms in total. The Kier molecular flexibility index (Phi) is 3.27. The first-order chi connectivity index (χ1) is 6.19. The van der Waals surface area contributed by atoms with Crippen LogP contribution in [-0.2, 0) is 0 Å². The first-order valence-corrected chi connectivity index (χ1v) is 4.33. The Balaban J connectivity index is 3.06. The number of hydrogen-bond donors (Lipinski definition) is 2. The quantitative estimate of drug-likeness (QED) is 0.465. The Morgan fingerprint density at radius 2 is 2.31 bits per heavy atom. The van der Waals surface area contributed by atoms with Crippen LogP contribution in [0, 0.1) is 0 Å². The lowest BCUT2D eigenvalue weighted by atomic mass is 10.2. The van der Waals surface area contributed by atoms with Crippen molar-refractivity contribution in [2.45, 2.75) is 0 Å². The SMILES string of the molecule is COc1cc(C(=O)NN)ccc1Br. The van der Waals surface area contributed by atoms with Crippen LogP contribution >= 0.6 is 15.9 Å². The van der Waals surface area contributed by atoms with Crippen LogP contribution in [0.15, 0.2) is 22.7 Å². The summed E-state index contributed by atoms with van der Waals surface area (Å²) in [7, 11) is 1.53. The third kappa shape index (κ3) is 2.19. The maximum Gasteiger partial charge on any atom is 0.265 e. The van der Waals surface area contributed by atoms with Crippen LogP contribution < -0.4 is 16.0 Å². The Morgan fingerprint density at radius 3 is 2.85 bits per heavy atom. The Labute approximate surface area is 84.2 Å². The second kappa shape index (κ2) is 4.25. The van der Waals surface area contributed by atoms with Crippen LogP contribution in [0.5, 0.6) is 5.75 Å². The molecule has 1 rings (SSSR count). The second-order valence-corrected chi connectivity index (χ2v) is 3.18. The highest BCUT2D eigenvalue weighted by Crippen LogP contribution is 2.25. The molecule has 0 spiro atoms. The van der Waals surface area contributed by atoms with Gasteiger partial charge in [-0.1, -0.05) is 0 Å². The zero-order chi connectivity index (χ0) is 9.84. The number of rotatable bonds is 2. The van der Waals surface area contributed by atoms with Crippen molar-refractivity contribution in [3.05, 3.63) is 28.2 Å². The standard InChI is InChI=1S/C8H9BrN2O2/c1-13-7-4-5(8(12)11-10)2-3-6(7)9/h2-4H,10H2,1H3,(H,11,12). The maximum atomic E-state index is 11.1. The minimum Gasteiger partial charge on any atom is -0.496 e. The van der Waals surface area contributed by atoms with Gasteiger partial charge in [0.15, 0.2) is 0 Å². The van der Waals surface area contributed by atoms with E-state index in [2.05, 4.69) is 15.9 Å². The fraction of sp³-hybridized carbons (Fsp3) is 0.125. The fourth-order valence-electron chi connectivity index (χ4n) is 0.884. The summed E-state index contributed by atoms with van der Waals surface area (Å²) in [6.45, 7) is 0. The van der Waals surface area contributed by atoms with E-state index in [1.165, 1.54) is 7.11 Å². The number of hydrazine groups is 1. The number of methoxy groups -OCH3 is 1. The smallest absolute Gasteiger partial charge is 0.265 e. The van der Waals surface area contributed by atoms with E-state index < -0.39 is 0 Å². The summed E-state index contributed by atoms with van der Waals surface area (Å²) in [5.41, 5.74) is 2.50. The van der Waals surface area contributed by atoms with Crippen molar-refractivity contribution in [2.75, 3.05) is 7.11 Å². The molecule has 0 unspecified atom stereocenters. The van der Waals surface area contributed by atoms with Gasteiger partial charge in [-0.05, 0) is 34.1 Å². The number of ether oxygens (including phenoxy) is 1. The lowest BCUT2D eigenvalue weighted by Gasteiger charge is -2.05. The maximum absolute atomic E-state index is 11.1. The number of nitrogen functional groups attached to an aromatic ring is 1. The third-order valence-corrected chi connectivity index (χ3v) is 2.20. The van der Waals surface area contributed by atoms with E-state index in [4.69, 9.17) is 10.6 Å². The molecule has 0 heterocycles. The van der Waals surface area contributed by atoms with Crippen molar-refractivity contribution in [3.63, 3.8) is 0 Å². The molecule has 1 amide bonds. The predicted molar refractivity (Wildman–Crippen MR) is 52.3 cm³/mol. The van der Waals surface area contributed by atoms with Gasteiger partial charge in [-0.25, -0.2) is 5.84 Å². The number of hydrogen-bond acceptors (Lipinski definition) is 3. The van der Waals surface area contributed by atoms with Crippen molar-refractivity contribution < 1.29 is 9.53 Å². The monoisotopic (exact) mass is 244 g/mol. The van der Waals surface area contributed by atoms with Crippen molar-refractivity contribution in [3.8, 4) is 5.75 Å². The molecule has 0 fully saturated rings. The topological polar surface area (TPSA) is 64.3 Å². The van der Waals surface area contributed by atoms with Gasteiger partial charge in [0.05, 0.1) is 11.6 Å². The van der Waals surface area contributed by atoms with E-state index in [1.807, 2.05) is 5.43 Å². The van der Waals surface area contributed by atoms with Crippen molar-refractivity contribution in [1.29, 1.82) is 0 Å². The Bertz CT molecular complexity index is 328. The van der Waals surface area contributed by atoms with Crippen LogP contribution in [0.2, 0.25) is 0 Å². The molecule has 1 aromatic carbocycles. The lowest BCUT2D eigenvalue weighted by molar-refractivity contribution is 0.0953. The molecule has 0 aliphatic rings. The van der Waals surface area contributed by atoms with Gasteiger partial charge in [-0.2, -0.15) is 0 Å². The average Bonchev–Trinajstić information content (AvgIpc) is 2.17. The van der Waals surface area contributed by atoms with Crippen LogP contribution in [0.3, 0.4) is 0 Å². The van der Waals surface area contributed by atoms with Gasteiger partial charge in [0.2, 0.25) is 0 Å². The average molecular weight is 245 g/mol. The van der Waals surface area contributed by atoms with Crippen LogP contribution in [0.25, 0.3) is 0 Å². The second-order valence-electron chi connectivity index (χ2n) is 2.32. The van der Waals surface area contributed by atoms with Crippen molar-refractivity contribution in [2.24, 2.45) is 5.84 Å². The van der Waals surface area contributed by atoms with Gasteiger partial charge in [0, 0.05) is 5.56 Å². The highest BCUT2D eigenvalue weighted by atomic mass is 79.9. The molecule has 0 aliphatic heterocycles. The predicted octanol–water partition coefficient (Wildman–Crippen LogP) is 1.06. The van der Waals surface area contributed by atoms with Gasteiger partial charge in [-0.3, -0.25) is 10.2 Å². The Hall–Kier alpha value is -1.07. The molecule has 5 heteroatoms. The molecule has 0 saturated carbocycles. The minimum absolute atomic E-state index is 0.342. The number of halogens is 1. The molecule has 1 aromatic rings. The van der Waals surface area contributed by atoms with E-state index in [1.54, 1.807) is 18.2 Å². The number of nitrogens with one attached hydrogen (secondary N) is 1. The van der Waals surface area contributed by atoms with Crippen molar-refractivity contribution >= 4 is 21.8 Å². The van der Waals surface area contributed by atoms with Gasteiger partial charge in [-0.15, -0.1) is 0 Å².